The van der Waals surface area contributed by atoms with Gasteiger partial charge in [-0.05, 0) is 112 Å². The zero-order valence-corrected chi connectivity index (χ0v) is 17.7. The Morgan fingerprint density at radius 3 is 2.58 bits per heavy atom. The maximum absolute atomic E-state index is 10.4. The van der Waals surface area contributed by atoms with Crippen molar-refractivity contribution in [2.24, 2.45) is 46.3 Å². The van der Waals surface area contributed by atoms with Gasteiger partial charge in [0.15, 0.2) is 0 Å². The van der Waals surface area contributed by atoms with Crippen molar-refractivity contribution >= 4 is 0 Å². The van der Waals surface area contributed by atoms with Crippen LogP contribution in [0.3, 0.4) is 0 Å². The number of ether oxygens (including phenoxy) is 1. The van der Waals surface area contributed by atoms with E-state index in [4.69, 9.17) is 4.74 Å². The van der Waals surface area contributed by atoms with Crippen molar-refractivity contribution < 1.29 is 9.84 Å². The Bertz CT molecular complexity index is 498. The van der Waals surface area contributed by atoms with Gasteiger partial charge in [0.1, 0.15) is 0 Å². The van der Waals surface area contributed by atoms with E-state index >= 15 is 0 Å². The zero-order valence-electron chi connectivity index (χ0n) is 17.7. The molecule has 4 aliphatic rings. The van der Waals surface area contributed by atoms with Gasteiger partial charge in [-0.25, -0.2) is 0 Å². The maximum atomic E-state index is 10.4. The number of hydrogen-bond donors (Lipinski definition) is 1. The van der Waals surface area contributed by atoms with Gasteiger partial charge in [0.25, 0.3) is 0 Å². The highest BCUT2D eigenvalue weighted by molar-refractivity contribution is 5.10. The van der Waals surface area contributed by atoms with Crippen LogP contribution in [0.5, 0.6) is 0 Å². The van der Waals surface area contributed by atoms with Crippen molar-refractivity contribution in [1.82, 2.24) is 0 Å². The minimum absolute atomic E-state index is 0.134. The van der Waals surface area contributed by atoms with Crippen LogP contribution in [0.25, 0.3) is 0 Å². The molecular weight excluding hydrogens is 320 g/mol. The monoisotopic (exact) mass is 362 g/mol. The predicted molar refractivity (Wildman–Crippen MR) is 107 cm³/mol. The summed E-state index contributed by atoms with van der Waals surface area (Å²) in [5.41, 5.74) is 0.854. The molecule has 4 fully saturated rings. The SMILES string of the molecule is CCOC[C@]12CCC(C)C[C@@H]1CC[C@H]1[C@@H]3CC[C@H](C(C)O)[C@@]3(C)CC[C@@H]12. The van der Waals surface area contributed by atoms with Crippen LogP contribution < -0.4 is 0 Å². The normalized spacial score (nSPS) is 52.0. The van der Waals surface area contributed by atoms with Crippen LogP contribution in [0.4, 0.5) is 0 Å². The van der Waals surface area contributed by atoms with Crippen LogP contribution in [0, 0.1) is 46.3 Å². The quantitative estimate of drug-likeness (QED) is 0.697. The van der Waals surface area contributed by atoms with Crippen LogP contribution in [-0.4, -0.2) is 24.4 Å². The lowest BCUT2D eigenvalue weighted by Crippen LogP contribution is -2.56. The predicted octanol–water partition coefficient (Wildman–Crippen LogP) is 5.68. The summed E-state index contributed by atoms with van der Waals surface area (Å²) in [6, 6.07) is 0. The van der Waals surface area contributed by atoms with E-state index in [9.17, 15) is 5.11 Å². The average Bonchev–Trinajstić information content (AvgIpc) is 2.97. The van der Waals surface area contributed by atoms with Crippen molar-refractivity contribution in [3.8, 4) is 0 Å². The molecule has 4 aliphatic carbocycles. The third-order valence-electron chi connectivity index (χ3n) is 9.86. The van der Waals surface area contributed by atoms with Crippen molar-refractivity contribution in [1.29, 1.82) is 0 Å². The smallest absolute Gasteiger partial charge is 0.0545 e. The Labute approximate surface area is 161 Å². The highest BCUT2D eigenvalue weighted by Gasteiger charge is 2.61. The molecule has 4 rings (SSSR count). The molecule has 0 heterocycles. The standard InChI is InChI=1S/C24H42O2/c1-5-26-15-24-13-10-16(2)14-18(24)6-7-19-21-9-8-20(17(3)25)23(21,4)12-11-22(19)24/h16-22,25H,5-15H2,1-4H3/t16?,17?,18-,19-,20+,21-,22-,23+,24+/m0/s1. The van der Waals surface area contributed by atoms with Gasteiger partial charge in [0, 0.05) is 6.61 Å². The molecule has 26 heavy (non-hydrogen) atoms. The molecule has 0 saturated heterocycles. The topological polar surface area (TPSA) is 29.5 Å². The molecule has 0 aromatic rings. The van der Waals surface area contributed by atoms with E-state index in [1.165, 1.54) is 57.8 Å². The average molecular weight is 363 g/mol. The fourth-order valence-corrected chi connectivity index (χ4v) is 8.67. The van der Waals surface area contributed by atoms with Crippen LogP contribution in [0.15, 0.2) is 0 Å². The third kappa shape index (κ3) is 2.81. The van der Waals surface area contributed by atoms with Gasteiger partial charge in [-0.2, -0.15) is 0 Å². The van der Waals surface area contributed by atoms with E-state index in [0.29, 0.717) is 16.7 Å². The van der Waals surface area contributed by atoms with E-state index < -0.39 is 0 Å². The molecule has 0 bridgehead atoms. The molecule has 2 heteroatoms. The molecule has 1 N–H and O–H groups in total. The lowest BCUT2D eigenvalue weighted by atomic mass is 9.44. The number of fused-ring (bicyclic) bond motifs is 5. The summed E-state index contributed by atoms with van der Waals surface area (Å²) in [7, 11) is 0. The first-order valence-electron chi connectivity index (χ1n) is 11.7. The summed E-state index contributed by atoms with van der Waals surface area (Å²) in [6.45, 7) is 11.1. The summed E-state index contributed by atoms with van der Waals surface area (Å²) in [4.78, 5) is 0. The van der Waals surface area contributed by atoms with Crippen molar-refractivity contribution in [2.45, 2.75) is 91.6 Å². The molecule has 0 amide bonds. The second-order valence-electron chi connectivity index (χ2n) is 10.9. The summed E-state index contributed by atoms with van der Waals surface area (Å²) in [5.74, 6) is 4.96. The number of rotatable bonds is 4. The molecule has 0 aromatic carbocycles. The molecule has 9 atom stereocenters. The molecular formula is C24H42O2. The molecule has 150 valence electrons. The summed E-state index contributed by atoms with van der Waals surface area (Å²) < 4.78 is 6.17. The Balaban J connectivity index is 1.62. The molecule has 2 unspecified atom stereocenters. The van der Waals surface area contributed by atoms with Crippen molar-refractivity contribution in [3.63, 3.8) is 0 Å². The first kappa shape index (κ1) is 19.2. The number of aliphatic hydroxyl groups excluding tert-OH is 1. The Morgan fingerprint density at radius 1 is 1.04 bits per heavy atom. The Hall–Kier alpha value is -0.0800. The highest BCUT2D eigenvalue weighted by Crippen LogP contribution is 2.68. The number of aliphatic hydroxyl groups is 1. The van der Waals surface area contributed by atoms with Gasteiger partial charge in [-0.1, -0.05) is 20.3 Å². The van der Waals surface area contributed by atoms with Crippen LogP contribution >= 0.6 is 0 Å². The van der Waals surface area contributed by atoms with E-state index in [0.717, 1.165) is 42.8 Å². The fraction of sp³-hybridized carbons (Fsp3) is 1.00. The number of hydrogen-bond acceptors (Lipinski definition) is 2. The van der Waals surface area contributed by atoms with Crippen molar-refractivity contribution in [2.75, 3.05) is 13.2 Å². The van der Waals surface area contributed by atoms with E-state index in [2.05, 4.69) is 20.8 Å². The van der Waals surface area contributed by atoms with Crippen LogP contribution in [0.1, 0.15) is 85.5 Å². The Morgan fingerprint density at radius 2 is 1.85 bits per heavy atom. The molecule has 0 spiro atoms. The van der Waals surface area contributed by atoms with Gasteiger partial charge in [0.2, 0.25) is 0 Å². The minimum Gasteiger partial charge on any atom is -0.393 e. The molecule has 0 aliphatic heterocycles. The van der Waals surface area contributed by atoms with Gasteiger partial charge >= 0.3 is 0 Å². The summed E-state index contributed by atoms with van der Waals surface area (Å²) >= 11 is 0. The second-order valence-corrected chi connectivity index (χ2v) is 10.9. The van der Waals surface area contributed by atoms with Crippen molar-refractivity contribution in [3.05, 3.63) is 0 Å². The first-order chi connectivity index (χ1) is 12.4. The van der Waals surface area contributed by atoms with Gasteiger partial charge in [0.05, 0.1) is 12.7 Å². The molecule has 2 nitrogen and oxygen atoms in total. The van der Waals surface area contributed by atoms with Gasteiger partial charge in [-0.15, -0.1) is 0 Å². The maximum Gasteiger partial charge on any atom is 0.0545 e. The van der Waals surface area contributed by atoms with E-state index in [1.807, 2.05) is 6.92 Å². The van der Waals surface area contributed by atoms with Crippen LogP contribution in [0.2, 0.25) is 0 Å². The zero-order chi connectivity index (χ0) is 18.5. The lowest BCUT2D eigenvalue weighted by Gasteiger charge is -2.62. The summed E-state index contributed by atoms with van der Waals surface area (Å²) in [5, 5.41) is 10.4. The lowest BCUT2D eigenvalue weighted by molar-refractivity contribution is -0.158. The van der Waals surface area contributed by atoms with Crippen LogP contribution in [-0.2, 0) is 4.74 Å². The molecule has 0 aromatic heterocycles. The second kappa shape index (κ2) is 7.07. The summed E-state index contributed by atoms with van der Waals surface area (Å²) in [6.07, 6.45) is 12.3. The minimum atomic E-state index is -0.134. The van der Waals surface area contributed by atoms with E-state index in [1.54, 1.807) is 0 Å². The van der Waals surface area contributed by atoms with Gasteiger partial charge < -0.3 is 9.84 Å². The largest absolute Gasteiger partial charge is 0.393 e. The molecule has 0 radical (unpaired) electrons. The third-order valence-corrected chi connectivity index (χ3v) is 9.86. The highest BCUT2D eigenvalue weighted by atomic mass is 16.5. The van der Waals surface area contributed by atoms with Gasteiger partial charge in [-0.3, -0.25) is 0 Å². The Kier molecular flexibility index (Phi) is 5.23. The van der Waals surface area contributed by atoms with E-state index in [-0.39, 0.29) is 6.10 Å². The fourth-order valence-electron chi connectivity index (χ4n) is 8.67. The molecule has 4 saturated carbocycles. The first-order valence-corrected chi connectivity index (χ1v) is 11.7.